The molecule has 1 heterocycles. The summed E-state index contributed by atoms with van der Waals surface area (Å²) in [4.78, 5) is 11.8. The molecule has 1 saturated heterocycles. The second-order valence-corrected chi connectivity index (χ2v) is 7.59. The normalized spacial score (nSPS) is 18.3. The number of methoxy groups -OCH3 is 1. The maximum atomic E-state index is 13.1. The minimum Gasteiger partial charge on any atom is -0.465 e. The summed E-state index contributed by atoms with van der Waals surface area (Å²) in [5, 5.41) is 3.21. The number of sulfonamides is 1. The van der Waals surface area contributed by atoms with E-state index in [-0.39, 0.29) is 10.9 Å². The summed E-state index contributed by atoms with van der Waals surface area (Å²) in [5.41, 5.74) is 0.911. The van der Waals surface area contributed by atoms with Crippen molar-refractivity contribution < 1.29 is 17.9 Å². The molecule has 23 heavy (non-hydrogen) atoms. The van der Waals surface area contributed by atoms with E-state index in [2.05, 4.69) is 10.1 Å². The van der Waals surface area contributed by atoms with Crippen molar-refractivity contribution in [2.75, 3.05) is 26.7 Å². The minimum absolute atomic E-state index is 0.0142. The van der Waals surface area contributed by atoms with E-state index in [4.69, 9.17) is 0 Å². The third-order valence-corrected chi connectivity index (χ3v) is 6.18. The molecule has 1 N–H and O–H groups in total. The Balaban J connectivity index is 2.38. The first-order chi connectivity index (χ1) is 10.9. The molecule has 2 rings (SSSR count). The zero-order valence-corrected chi connectivity index (χ0v) is 14.6. The largest absolute Gasteiger partial charge is 0.465 e. The molecule has 1 atom stereocenters. The van der Waals surface area contributed by atoms with Crippen molar-refractivity contribution in [2.24, 2.45) is 0 Å². The van der Waals surface area contributed by atoms with Gasteiger partial charge in [-0.15, -0.1) is 0 Å². The van der Waals surface area contributed by atoms with Crippen molar-refractivity contribution in [1.29, 1.82) is 0 Å². The van der Waals surface area contributed by atoms with Crippen molar-refractivity contribution >= 4 is 16.0 Å². The van der Waals surface area contributed by atoms with E-state index in [0.29, 0.717) is 24.2 Å². The summed E-state index contributed by atoms with van der Waals surface area (Å²) in [7, 11) is -2.28. The molecule has 1 aliphatic rings. The van der Waals surface area contributed by atoms with Gasteiger partial charge in [0, 0.05) is 19.1 Å². The third kappa shape index (κ3) is 3.73. The number of hydrogen-bond acceptors (Lipinski definition) is 5. The molecule has 1 fully saturated rings. The van der Waals surface area contributed by atoms with Crippen molar-refractivity contribution in [1.82, 2.24) is 9.62 Å². The number of benzene rings is 1. The molecule has 1 unspecified atom stereocenters. The smallest absolute Gasteiger partial charge is 0.337 e. The van der Waals surface area contributed by atoms with Crippen molar-refractivity contribution in [3.8, 4) is 0 Å². The van der Waals surface area contributed by atoms with E-state index in [0.717, 1.165) is 19.4 Å². The molecular weight excluding hydrogens is 316 g/mol. The lowest BCUT2D eigenvalue weighted by Gasteiger charge is -2.28. The Kier molecular flexibility index (Phi) is 5.78. The Morgan fingerprint density at radius 2 is 2.17 bits per heavy atom. The number of hydrogen-bond donors (Lipinski definition) is 1. The molecule has 0 saturated carbocycles. The van der Waals surface area contributed by atoms with Crippen LogP contribution in [0.25, 0.3) is 0 Å². The number of rotatable bonds is 6. The van der Waals surface area contributed by atoms with Crippen molar-refractivity contribution in [2.45, 2.75) is 37.6 Å². The monoisotopic (exact) mass is 340 g/mol. The standard InChI is InChI=1S/C16H24N2O4S/c1-4-9-18(14-7-8-17-11-14)23(20,21)15-6-5-13(10-12(15)2)16(19)22-3/h5-6,10,14,17H,4,7-9,11H2,1-3H3. The van der Waals surface area contributed by atoms with Crippen LogP contribution in [-0.4, -0.2) is 51.5 Å². The van der Waals surface area contributed by atoms with Crippen LogP contribution in [0.1, 0.15) is 35.7 Å². The van der Waals surface area contributed by atoms with Gasteiger partial charge in [-0.25, -0.2) is 13.2 Å². The molecule has 1 aliphatic heterocycles. The topological polar surface area (TPSA) is 75.7 Å². The van der Waals surface area contributed by atoms with E-state index in [1.54, 1.807) is 17.3 Å². The molecule has 0 amide bonds. The molecule has 128 valence electrons. The van der Waals surface area contributed by atoms with E-state index in [1.165, 1.54) is 19.2 Å². The van der Waals surface area contributed by atoms with E-state index in [9.17, 15) is 13.2 Å². The number of carbonyl (C=O) groups excluding carboxylic acids is 1. The maximum absolute atomic E-state index is 13.1. The van der Waals surface area contributed by atoms with Gasteiger partial charge in [0.15, 0.2) is 0 Å². The van der Waals surface area contributed by atoms with Gasteiger partial charge in [-0.05, 0) is 50.1 Å². The number of ether oxygens (including phenoxy) is 1. The molecule has 0 spiro atoms. The summed E-state index contributed by atoms with van der Waals surface area (Å²) in [6, 6.07) is 4.56. The third-order valence-electron chi connectivity index (χ3n) is 4.07. The average molecular weight is 340 g/mol. The lowest BCUT2D eigenvalue weighted by Crippen LogP contribution is -2.42. The van der Waals surface area contributed by atoms with E-state index in [1.807, 2.05) is 6.92 Å². The van der Waals surface area contributed by atoms with Crippen LogP contribution in [0, 0.1) is 6.92 Å². The van der Waals surface area contributed by atoms with Crippen LogP contribution in [0.15, 0.2) is 23.1 Å². The Hall–Kier alpha value is -1.44. The molecule has 1 aromatic carbocycles. The van der Waals surface area contributed by atoms with Crippen LogP contribution in [0.5, 0.6) is 0 Å². The summed E-state index contributed by atoms with van der Waals surface area (Å²) in [5.74, 6) is -0.470. The predicted molar refractivity (Wildman–Crippen MR) is 88.0 cm³/mol. The number of nitrogens with one attached hydrogen (secondary N) is 1. The number of carbonyl (C=O) groups is 1. The van der Waals surface area contributed by atoms with Gasteiger partial charge in [-0.2, -0.15) is 4.31 Å². The zero-order chi connectivity index (χ0) is 17.0. The predicted octanol–water partition coefficient (Wildman–Crippen LogP) is 1.54. The lowest BCUT2D eigenvalue weighted by atomic mass is 10.1. The SMILES string of the molecule is CCCN(C1CCNC1)S(=O)(=O)c1ccc(C(=O)OC)cc1C. The Bertz CT molecular complexity index is 667. The van der Waals surface area contributed by atoms with Crippen LogP contribution in [0.2, 0.25) is 0 Å². The summed E-state index contributed by atoms with van der Waals surface area (Å²) in [6.45, 7) is 5.68. The van der Waals surface area contributed by atoms with E-state index < -0.39 is 16.0 Å². The van der Waals surface area contributed by atoms with Crippen LogP contribution in [0.4, 0.5) is 0 Å². The Labute approximate surface area is 137 Å². The molecular formula is C16H24N2O4S. The highest BCUT2D eigenvalue weighted by atomic mass is 32.2. The van der Waals surface area contributed by atoms with Gasteiger partial charge in [0.05, 0.1) is 17.6 Å². The number of nitrogens with zero attached hydrogens (tertiary/aromatic N) is 1. The Morgan fingerprint density at radius 1 is 1.43 bits per heavy atom. The highest BCUT2D eigenvalue weighted by molar-refractivity contribution is 7.89. The Morgan fingerprint density at radius 3 is 2.70 bits per heavy atom. The van der Waals surface area contributed by atoms with Crippen LogP contribution < -0.4 is 5.32 Å². The summed E-state index contributed by atoms with van der Waals surface area (Å²) in [6.07, 6.45) is 1.58. The second kappa shape index (κ2) is 7.42. The first kappa shape index (κ1) is 17.9. The van der Waals surface area contributed by atoms with Crippen LogP contribution in [0.3, 0.4) is 0 Å². The van der Waals surface area contributed by atoms with Gasteiger partial charge in [0.25, 0.3) is 0 Å². The fourth-order valence-electron chi connectivity index (χ4n) is 2.91. The molecule has 1 aromatic rings. The number of aryl methyl sites for hydroxylation is 1. The van der Waals surface area contributed by atoms with Gasteiger partial charge >= 0.3 is 5.97 Å². The molecule has 6 nitrogen and oxygen atoms in total. The minimum atomic E-state index is -3.59. The van der Waals surface area contributed by atoms with Gasteiger partial charge < -0.3 is 10.1 Å². The maximum Gasteiger partial charge on any atom is 0.337 e. The fraction of sp³-hybridized carbons (Fsp3) is 0.562. The molecule has 0 radical (unpaired) electrons. The average Bonchev–Trinajstić information content (AvgIpc) is 3.05. The first-order valence-corrected chi connectivity index (χ1v) is 9.27. The fourth-order valence-corrected chi connectivity index (χ4v) is 4.87. The number of esters is 1. The van der Waals surface area contributed by atoms with Crippen molar-refractivity contribution in [3.05, 3.63) is 29.3 Å². The lowest BCUT2D eigenvalue weighted by molar-refractivity contribution is 0.0600. The highest BCUT2D eigenvalue weighted by Gasteiger charge is 2.33. The van der Waals surface area contributed by atoms with Gasteiger partial charge in [-0.1, -0.05) is 6.92 Å². The van der Waals surface area contributed by atoms with Crippen LogP contribution >= 0.6 is 0 Å². The quantitative estimate of drug-likeness (QED) is 0.795. The molecule has 7 heteroatoms. The molecule has 0 aliphatic carbocycles. The second-order valence-electron chi connectivity index (χ2n) is 5.73. The molecule has 0 bridgehead atoms. The zero-order valence-electron chi connectivity index (χ0n) is 13.8. The van der Waals surface area contributed by atoms with E-state index >= 15 is 0 Å². The van der Waals surface area contributed by atoms with Gasteiger partial charge in [0.1, 0.15) is 0 Å². The first-order valence-electron chi connectivity index (χ1n) is 7.83. The summed E-state index contributed by atoms with van der Waals surface area (Å²) < 4.78 is 32.4. The van der Waals surface area contributed by atoms with Crippen molar-refractivity contribution in [3.63, 3.8) is 0 Å². The molecule has 0 aromatic heterocycles. The van der Waals surface area contributed by atoms with Gasteiger partial charge in [-0.3, -0.25) is 0 Å². The summed E-state index contributed by atoms with van der Waals surface area (Å²) >= 11 is 0. The van der Waals surface area contributed by atoms with Crippen LogP contribution in [-0.2, 0) is 14.8 Å². The highest BCUT2D eigenvalue weighted by Crippen LogP contribution is 2.25. The van der Waals surface area contributed by atoms with Gasteiger partial charge in [0.2, 0.25) is 10.0 Å².